The normalized spacial score (nSPS) is 10.4. The predicted molar refractivity (Wildman–Crippen MR) is 98.9 cm³/mol. The molecule has 0 aliphatic rings. The lowest BCUT2D eigenvalue weighted by atomic mass is 10.3. The van der Waals surface area contributed by atoms with Crippen molar-refractivity contribution >= 4 is 17.6 Å². The Morgan fingerprint density at radius 2 is 1.89 bits per heavy atom. The number of anilines is 1. The van der Waals surface area contributed by atoms with Gasteiger partial charge in [0.1, 0.15) is 5.69 Å². The first-order chi connectivity index (χ1) is 13.0. The lowest BCUT2D eigenvalue weighted by Crippen LogP contribution is -2.25. The van der Waals surface area contributed by atoms with Gasteiger partial charge in [-0.05, 0) is 31.2 Å². The van der Waals surface area contributed by atoms with Gasteiger partial charge in [0.25, 0.3) is 11.5 Å². The van der Waals surface area contributed by atoms with Crippen molar-refractivity contribution in [1.82, 2.24) is 14.3 Å². The van der Waals surface area contributed by atoms with Gasteiger partial charge in [-0.1, -0.05) is 18.2 Å². The van der Waals surface area contributed by atoms with Crippen LogP contribution in [0.3, 0.4) is 0 Å². The minimum atomic E-state index is -0.662. The van der Waals surface area contributed by atoms with Gasteiger partial charge in [0.05, 0.1) is 16.9 Å². The van der Waals surface area contributed by atoms with Gasteiger partial charge >= 0.3 is 5.97 Å². The molecule has 0 fully saturated rings. The molecule has 3 rings (SSSR count). The van der Waals surface area contributed by atoms with Crippen LogP contribution in [0.4, 0.5) is 5.69 Å². The molecule has 0 saturated heterocycles. The zero-order valence-corrected chi connectivity index (χ0v) is 14.9. The smallest absolute Gasteiger partial charge is 0.340 e. The monoisotopic (exact) mass is 366 g/mol. The Kier molecular flexibility index (Phi) is 5.16. The predicted octanol–water partition coefficient (Wildman–Crippen LogP) is 1.67. The summed E-state index contributed by atoms with van der Waals surface area (Å²) in [4.78, 5) is 40.5. The first-order valence-electron chi connectivity index (χ1n) is 8.20. The summed E-state index contributed by atoms with van der Waals surface area (Å²) in [5.41, 5.74) is 1.27. The van der Waals surface area contributed by atoms with Crippen LogP contribution in [0.5, 0.6) is 0 Å². The topological polar surface area (TPSA) is 95.2 Å². The zero-order chi connectivity index (χ0) is 19.4. The van der Waals surface area contributed by atoms with Crippen molar-refractivity contribution in [2.45, 2.75) is 6.92 Å². The maximum atomic E-state index is 12.7. The number of nitrogens with zero attached hydrogens (tertiary/aromatic N) is 3. The van der Waals surface area contributed by atoms with Gasteiger partial charge < -0.3 is 10.1 Å². The average Bonchev–Trinajstić information content (AvgIpc) is 2.90. The third-order valence-corrected chi connectivity index (χ3v) is 4.05. The molecule has 0 atom stereocenters. The van der Waals surface area contributed by atoms with Crippen molar-refractivity contribution < 1.29 is 14.3 Å². The summed E-state index contributed by atoms with van der Waals surface area (Å²) < 4.78 is 8.06. The Hall–Kier alpha value is -3.68. The van der Waals surface area contributed by atoms with Crippen molar-refractivity contribution in [3.8, 4) is 5.69 Å². The molecule has 0 aliphatic heterocycles. The first-order valence-corrected chi connectivity index (χ1v) is 8.20. The molecule has 8 nitrogen and oxygen atoms in total. The summed E-state index contributed by atoms with van der Waals surface area (Å²) >= 11 is 0. The van der Waals surface area contributed by atoms with E-state index in [1.54, 1.807) is 36.9 Å². The zero-order valence-electron chi connectivity index (χ0n) is 14.9. The molecule has 0 bridgehead atoms. The molecule has 1 amide bonds. The number of carbonyl (C=O) groups excluding carboxylic acids is 2. The van der Waals surface area contributed by atoms with Crippen LogP contribution in [0.25, 0.3) is 5.69 Å². The highest BCUT2D eigenvalue weighted by Gasteiger charge is 2.19. The van der Waals surface area contributed by atoms with Gasteiger partial charge in [-0.3, -0.25) is 19.3 Å². The van der Waals surface area contributed by atoms with Crippen LogP contribution in [0, 0.1) is 6.92 Å². The fraction of sp³-hybridized carbons (Fsp3) is 0.158. The third-order valence-electron chi connectivity index (χ3n) is 4.05. The number of ether oxygens (including phenoxy) is 1. The van der Waals surface area contributed by atoms with Crippen LogP contribution in [-0.2, 0) is 16.6 Å². The fourth-order valence-electron chi connectivity index (χ4n) is 2.59. The van der Waals surface area contributed by atoms with Gasteiger partial charge in [0.2, 0.25) is 0 Å². The van der Waals surface area contributed by atoms with Crippen LogP contribution >= 0.6 is 0 Å². The molecule has 0 aliphatic carbocycles. The summed E-state index contributed by atoms with van der Waals surface area (Å²) in [6.45, 7) is 1.21. The van der Waals surface area contributed by atoms with Crippen LogP contribution in [-0.4, -0.2) is 32.8 Å². The maximum Gasteiger partial charge on any atom is 0.340 e. The summed E-state index contributed by atoms with van der Waals surface area (Å²) in [5.74, 6) is -1.26. The van der Waals surface area contributed by atoms with Crippen molar-refractivity contribution in [2.24, 2.45) is 7.05 Å². The van der Waals surface area contributed by atoms with E-state index in [2.05, 4.69) is 10.3 Å². The van der Waals surface area contributed by atoms with Crippen molar-refractivity contribution in [3.63, 3.8) is 0 Å². The van der Waals surface area contributed by atoms with Crippen LogP contribution in [0.2, 0.25) is 0 Å². The Labute approximate surface area is 155 Å². The van der Waals surface area contributed by atoms with Gasteiger partial charge in [-0.15, -0.1) is 0 Å². The van der Waals surface area contributed by atoms with Gasteiger partial charge in [-0.25, -0.2) is 9.48 Å². The number of benzene rings is 1. The summed E-state index contributed by atoms with van der Waals surface area (Å²) in [7, 11) is 1.72. The number of nitrogens with one attached hydrogen (secondary N) is 1. The number of rotatable bonds is 5. The van der Waals surface area contributed by atoms with Crippen LogP contribution in [0.1, 0.15) is 16.1 Å². The van der Waals surface area contributed by atoms with E-state index in [1.165, 1.54) is 23.1 Å². The second kappa shape index (κ2) is 7.69. The molecule has 0 unspecified atom stereocenters. The quantitative estimate of drug-likeness (QED) is 0.693. The van der Waals surface area contributed by atoms with E-state index in [1.807, 2.05) is 18.2 Å². The van der Waals surface area contributed by atoms with Gasteiger partial charge in [-0.2, -0.15) is 0 Å². The Balaban J connectivity index is 1.73. The second-order valence-corrected chi connectivity index (χ2v) is 5.80. The Bertz CT molecular complexity index is 1020. The number of hydrogen-bond donors (Lipinski definition) is 1. The Morgan fingerprint density at radius 1 is 1.15 bits per heavy atom. The Morgan fingerprint density at radius 3 is 2.56 bits per heavy atom. The van der Waals surface area contributed by atoms with E-state index in [9.17, 15) is 14.4 Å². The highest BCUT2D eigenvalue weighted by Crippen LogP contribution is 2.13. The number of pyridine rings is 1. The molecular formula is C19H18N4O4. The van der Waals surface area contributed by atoms with E-state index in [-0.39, 0.29) is 16.8 Å². The average molecular weight is 366 g/mol. The SMILES string of the molecule is Cc1c(NC(=O)COC(=O)c2cccnc2)c(=O)n(-c2ccccc2)n1C. The number of carbonyl (C=O) groups is 2. The molecule has 0 radical (unpaired) electrons. The van der Waals surface area contributed by atoms with Crippen LogP contribution < -0.4 is 10.9 Å². The van der Waals surface area contributed by atoms with E-state index < -0.39 is 18.5 Å². The molecule has 138 valence electrons. The number of esters is 1. The van der Waals surface area contributed by atoms with Crippen molar-refractivity contribution in [3.05, 3.63) is 76.5 Å². The molecule has 8 heteroatoms. The molecular weight excluding hydrogens is 348 g/mol. The number of para-hydroxylation sites is 1. The second-order valence-electron chi connectivity index (χ2n) is 5.80. The third kappa shape index (κ3) is 3.79. The molecule has 0 saturated carbocycles. The number of hydrogen-bond acceptors (Lipinski definition) is 5. The fourth-order valence-corrected chi connectivity index (χ4v) is 2.59. The van der Waals surface area contributed by atoms with E-state index in [0.29, 0.717) is 11.4 Å². The highest BCUT2D eigenvalue weighted by atomic mass is 16.5. The summed E-state index contributed by atoms with van der Waals surface area (Å²) in [6, 6.07) is 12.2. The first kappa shape index (κ1) is 18.1. The van der Waals surface area contributed by atoms with Crippen LogP contribution in [0.15, 0.2) is 59.7 Å². The van der Waals surface area contributed by atoms with Crippen molar-refractivity contribution in [1.29, 1.82) is 0 Å². The summed E-state index contributed by atoms with van der Waals surface area (Å²) in [5, 5.41) is 2.53. The number of amides is 1. The lowest BCUT2D eigenvalue weighted by Gasteiger charge is -2.07. The van der Waals surface area contributed by atoms with Crippen molar-refractivity contribution in [2.75, 3.05) is 11.9 Å². The molecule has 0 spiro atoms. The van der Waals surface area contributed by atoms with E-state index >= 15 is 0 Å². The van der Waals surface area contributed by atoms with Gasteiger partial charge in [0, 0.05) is 19.4 Å². The maximum absolute atomic E-state index is 12.7. The molecule has 27 heavy (non-hydrogen) atoms. The summed E-state index contributed by atoms with van der Waals surface area (Å²) in [6.07, 6.45) is 2.87. The van der Waals surface area contributed by atoms with E-state index in [0.717, 1.165) is 0 Å². The van der Waals surface area contributed by atoms with E-state index in [4.69, 9.17) is 4.74 Å². The molecule has 2 aromatic heterocycles. The highest BCUT2D eigenvalue weighted by molar-refractivity contribution is 5.95. The molecule has 2 heterocycles. The lowest BCUT2D eigenvalue weighted by molar-refractivity contribution is -0.119. The van der Waals surface area contributed by atoms with Gasteiger partial charge in [0.15, 0.2) is 6.61 Å². The molecule has 1 N–H and O–H groups in total. The minimum Gasteiger partial charge on any atom is -0.452 e. The number of aromatic nitrogens is 3. The minimum absolute atomic E-state index is 0.142. The largest absolute Gasteiger partial charge is 0.452 e. The standard InChI is InChI=1S/C19H18N4O4/c1-13-17(18(25)23(22(13)2)15-8-4-3-5-9-15)21-16(24)12-27-19(26)14-7-6-10-20-11-14/h3-11H,12H2,1-2H3,(H,21,24). The molecule has 3 aromatic rings. The molecule has 1 aromatic carbocycles.